The van der Waals surface area contributed by atoms with Gasteiger partial charge < -0.3 is 10.1 Å². The van der Waals surface area contributed by atoms with Crippen molar-refractivity contribution >= 4 is 0 Å². The maximum absolute atomic E-state index is 5.91. The molecule has 1 aromatic carbocycles. The van der Waals surface area contributed by atoms with Gasteiger partial charge in [-0.15, -0.1) is 0 Å². The van der Waals surface area contributed by atoms with Crippen molar-refractivity contribution in [2.75, 3.05) is 13.1 Å². The molecule has 1 atom stereocenters. The van der Waals surface area contributed by atoms with Gasteiger partial charge in [-0.1, -0.05) is 32.9 Å². The number of ether oxygens (including phenoxy) is 1. The predicted molar refractivity (Wildman–Crippen MR) is 71.7 cm³/mol. The van der Waals surface area contributed by atoms with Crippen molar-refractivity contribution in [1.82, 2.24) is 5.32 Å². The van der Waals surface area contributed by atoms with Gasteiger partial charge in [-0.05, 0) is 42.5 Å². The van der Waals surface area contributed by atoms with Gasteiger partial charge >= 0.3 is 0 Å². The average Bonchev–Trinajstić information content (AvgIpc) is 2.83. The van der Waals surface area contributed by atoms with E-state index in [-0.39, 0.29) is 5.41 Å². The van der Waals surface area contributed by atoms with E-state index in [9.17, 15) is 0 Å². The number of rotatable bonds is 4. The molecule has 1 aliphatic heterocycles. The Labute approximate surface area is 104 Å². The zero-order chi connectivity index (χ0) is 12.3. The van der Waals surface area contributed by atoms with E-state index in [0.717, 1.165) is 31.7 Å². The molecule has 0 aliphatic carbocycles. The third-order valence-corrected chi connectivity index (χ3v) is 3.84. The molecule has 0 aromatic heterocycles. The minimum atomic E-state index is 0.257. The summed E-state index contributed by atoms with van der Waals surface area (Å²) in [5, 5.41) is 3.31. The van der Waals surface area contributed by atoms with Crippen molar-refractivity contribution in [3.05, 3.63) is 29.8 Å². The van der Waals surface area contributed by atoms with Crippen LogP contribution in [0.3, 0.4) is 0 Å². The molecule has 0 bridgehead atoms. The molecular formula is C15H23NO. The van der Waals surface area contributed by atoms with Crippen molar-refractivity contribution in [3.63, 3.8) is 0 Å². The van der Waals surface area contributed by atoms with Crippen LogP contribution in [-0.2, 0) is 5.41 Å². The lowest BCUT2D eigenvalue weighted by atomic mass is 9.82. The first kappa shape index (κ1) is 12.4. The molecule has 0 amide bonds. The summed E-state index contributed by atoms with van der Waals surface area (Å²) in [5.74, 6) is 0.995. The van der Waals surface area contributed by atoms with Crippen molar-refractivity contribution in [2.24, 2.45) is 0 Å². The standard InChI is InChI=1S/C15H23NO/c1-4-15(2,3)12-5-7-13(8-6-12)17-14-9-10-16-11-14/h5-8,14,16H,4,9-11H2,1-3H3. The van der Waals surface area contributed by atoms with Gasteiger partial charge in [-0.25, -0.2) is 0 Å². The zero-order valence-electron chi connectivity index (χ0n) is 11.1. The first-order chi connectivity index (χ1) is 8.12. The fourth-order valence-electron chi connectivity index (χ4n) is 2.11. The summed E-state index contributed by atoms with van der Waals surface area (Å²) in [6.45, 7) is 8.84. The number of hydrogen-bond donors (Lipinski definition) is 1. The van der Waals surface area contributed by atoms with Crippen molar-refractivity contribution in [3.8, 4) is 5.75 Å². The van der Waals surface area contributed by atoms with Crippen LogP contribution in [0, 0.1) is 0 Å². The van der Waals surface area contributed by atoms with Crippen LogP contribution in [0.5, 0.6) is 5.75 Å². The van der Waals surface area contributed by atoms with E-state index >= 15 is 0 Å². The van der Waals surface area contributed by atoms with Crippen LogP contribution in [0.1, 0.15) is 39.2 Å². The van der Waals surface area contributed by atoms with E-state index in [2.05, 4.69) is 50.4 Å². The summed E-state index contributed by atoms with van der Waals surface area (Å²) in [5.41, 5.74) is 1.64. The molecular weight excluding hydrogens is 210 g/mol. The largest absolute Gasteiger partial charge is 0.489 e. The highest BCUT2D eigenvalue weighted by atomic mass is 16.5. The second kappa shape index (κ2) is 5.09. The fourth-order valence-corrected chi connectivity index (χ4v) is 2.11. The molecule has 2 nitrogen and oxygen atoms in total. The monoisotopic (exact) mass is 233 g/mol. The molecule has 1 unspecified atom stereocenters. The molecule has 1 aliphatic rings. The van der Waals surface area contributed by atoms with Crippen LogP contribution in [0.2, 0.25) is 0 Å². The summed E-state index contributed by atoms with van der Waals surface area (Å²) in [7, 11) is 0. The molecule has 17 heavy (non-hydrogen) atoms. The maximum atomic E-state index is 5.91. The molecule has 2 heteroatoms. The molecule has 1 saturated heterocycles. The summed E-state index contributed by atoms with van der Waals surface area (Å²) in [6, 6.07) is 8.60. The van der Waals surface area contributed by atoms with Gasteiger partial charge in [0.15, 0.2) is 0 Å². The maximum Gasteiger partial charge on any atom is 0.119 e. The Morgan fingerprint density at radius 2 is 2.00 bits per heavy atom. The summed E-state index contributed by atoms with van der Waals surface area (Å²) >= 11 is 0. The third kappa shape index (κ3) is 3.01. The smallest absolute Gasteiger partial charge is 0.119 e. The highest BCUT2D eigenvalue weighted by molar-refractivity contribution is 5.31. The average molecular weight is 233 g/mol. The second-order valence-corrected chi connectivity index (χ2v) is 5.49. The lowest BCUT2D eigenvalue weighted by Gasteiger charge is -2.23. The van der Waals surface area contributed by atoms with Crippen molar-refractivity contribution in [1.29, 1.82) is 0 Å². The molecule has 0 saturated carbocycles. The van der Waals surface area contributed by atoms with Gasteiger partial charge in [0.25, 0.3) is 0 Å². The Kier molecular flexibility index (Phi) is 3.72. The Morgan fingerprint density at radius 3 is 2.53 bits per heavy atom. The zero-order valence-corrected chi connectivity index (χ0v) is 11.1. The van der Waals surface area contributed by atoms with Crippen molar-refractivity contribution < 1.29 is 4.74 Å². The van der Waals surface area contributed by atoms with Gasteiger partial charge in [0.05, 0.1) is 0 Å². The first-order valence-electron chi connectivity index (χ1n) is 6.60. The topological polar surface area (TPSA) is 21.3 Å². The molecule has 0 radical (unpaired) electrons. The highest BCUT2D eigenvalue weighted by Crippen LogP contribution is 2.28. The number of nitrogens with one attached hydrogen (secondary N) is 1. The minimum absolute atomic E-state index is 0.257. The second-order valence-electron chi connectivity index (χ2n) is 5.49. The lowest BCUT2D eigenvalue weighted by Crippen LogP contribution is -2.20. The summed E-state index contributed by atoms with van der Waals surface area (Å²) in [6.07, 6.45) is 2.61. The van der Waals surface area contributed by atoms with E-state index in [4.69, 9.17) is 4.74 Å². The Hall–Kier alpha value is -1.02. The Balaban J connectivity index is 2.02. The predicted octanol–water partition coefficient (Wildman–Crippen LogP) is 3.11. The van der Waals surface area contributed by atoms with Crippen LogP contribution in [0.25, 0.3) is 0 Å². The van der Waals surface area contributed by atoms with Gasteiger partial charge in [0, 0.05) is 6.54 Å². The van der Waals surface area contributed by atoms with Crippen molar-refractivity contribution in [2.45, 2.75) is 45.1 Å². The summed E-state index contributed by atoms with van der Waals surface area (Å²) < 4.78 is 5.91. The summed E-state index contributed by atoms with van der Waals surface area (Å²) in [4.78, 5) is 0. The van der Waals surface area contributed by atoms with Crippen LogP contribution in [0.4, 0.5) is 0 Å². The molecule has 1 N–H and O–H groups in total. The highest BCUT2D eigenvalue weighted by Gasteiger charge is 2.19. The third-order valence-electron chi connectivity index (χ3n) is 3.84. The van der Waals surface area contributed by atoms with Gasteiger partial charge in [0.1, 0.15) is 11.9 Å². The van der Waals surface area contributed by atoms with E-state index in [1.807, 2.05) is 0 Å². The number of benzene rings is 1. The molecule has 1 aromatic rings. The van der Waals surface area contributed by atoms with Gasteiger partial charge in [-0.2, -0.15) is 0 Å². The lowest BCUT2D eigenvalue weighted by molar-refractivity contribution is 0.223. The van der Waals surface area contributed by atoms with Gasteiger partial charge in [-0.3, -0.25) is 0 Å². The van der Waals surface area contributed by atoms with E-state index in [1.54, 1.807) is 0 Å². The fraction of sp³-hybridized carbons (Fsp3) is 0.600. The molecule has 1 heterocycles. The Bertz CT molecular complexity index is 350. The SMILES string of the molecule is CCC(C)(C)c1ccc(OC2CCNC2)cc1. The molecule has 1 fully saturated rings. The van der Waals surface area contributed by atoms with Crippen LogP contribution in [-0.4, -0.2) is 19.2 Å². The quantitative estimate of drug-likeness (QED) is 0.862. The molecule has 94 valence electrons. The van der Waals surface area contributed by atoms with E-state index in [1.165, 1.54) is 5.56 Å². The minimum Gasteiger partial charge on any atom is -0.489 e. The van der Waals surface area contributed by atoms with Gasteiger partial charge in [0.2, 0.25) is 0 Å². The normalized spacial score (nSPS) is 20.5. The van der Waals surface area contributed by atoms with Crippen LogP contribution in [0.15, 0.2) is 24.3 Å². The number of hydrogen-bond acceptors (Lipinski definition) is 2. The Morgan fingerprint density at radius 1 is 1.29 bits per heavy atom. The molecule has 2 rings (SSSR count). The first-order valence-corrected chi connectivity index (χ1v) is 6.60. The van der Waals surface area contributed by atoms with Crippen LogP contribution >= 0.6 is 0 Å². The molecule has 0 spiro atoms. The van der Waals surface area contributed by atoms with Crippen LogP contribution < -0.4 is 10.1 Å². The van der Waals surface area contributed by atoms with E-state index in [0.29, 0.717) is 6.10 Å². The van der Waals surface area contributed by atoms with E-state index < -0.39 is 0 Å².